The number of hydrogen-bond donors (Lipinski definition) is 0. The molecule has 0 heterocycles. The highest BCUT2D eigenvalue weighted by molar-refractivity contribution is 5.93. The lowest BCUT2D eigenvalue weighted by atomic mass is 10.0. The molecule has 0 bridgehead atoms. The molecule has 1 amide bonds. The fourth-order valence-corrected chi connectivity index (χ4v) is 3.34. The van der Waals surface area contributed by atoms with E-state index in [0.29, 0.717) is 13.0 Å². The molecular formula is C23H31NO2. The molecule has 0 spiro atoms. The number of ether oxygens (including phenoxy) is 1. The minimum absolute atomic E-state index is 0.110. The second kappa shape index (κ2) is 8.88. The predicted molar refractivity (Wildman–Crippen MR) is 109 cm³/mol. The molecule has 3 nitrogen and oxygen atoms in total. The van der Waals surface area contributed by atoms with Crippen LogP contribution in [0, 0.1) is 13.8 Å². The Morgan fingerprint density at radius 3 is 2.31 bits per heavy atom. The van der Waals surface area contributed by atoms with Crippen LogP contribution >= 0.6 is 0 Å². The number of benzene rings is 2. The first kappa shape index (κ1) is 20.0. The highest BCUT2D eigenvalue weighted by Gasteiger charge is 2.16. The molecule has 0 saturated heterocycles. The van der Waals surface area contributed by atoms with Gasteiger partial charge >= 0.3 is 0 Å². The number of hydrogen-bond acceptors (Lipinski definition) is 2. The monoisotopic (exact) mass is 353 g/mol. The number of carbonyl (C=O) groups excluding carboxylic acids is 1. The first-order valence-corrected chi connectivity index (χ1v) is 9.53. The summed E-state index contributed by atoms with van der Waals surface area (Å²) in [6, 6.07) is 10.5. The van der Waals surface area contributed by atoms with Crippen molar-refractivity contribution >= 4 is 11.6 Å². The number of aryl methyl sites for hydroxylation is 4. The lowest BCUT2D eigenvalue weighted by molar-refractivity contribution is -0.118. The minimum atomic E-state index is 0.110. The standard InChI is InChI=1S/C23H31NO2/c1-7-18-11-10-12-21(24(6)23(25)9-3)20(18)15-26-22-14-16(4)19(8-2)13-17(22)5/h10-14H,7-9,15H2,1-6H3. The van der Waals surface area contributed by atoms with E-state index >= 15 is 0 Å². The van der Waals surface area contributed by atoms with Gasteiger partial charge in [0.2, 0.25) is 5.91 Å². The van der Waals surface area contributed by atoms with Gasteiger partial charge in [-0.25, -0.2) is 0 Å². The summed E-state index contributed by atoms with van der Waals surface area (Å²) in [6.07, 6.45) is 2.43. The van der Waals surface area contributed by atoms with E-state index < -0.39 is 0 Å². The van der Waals surface area contributed by atoms with Crippen LogP contribution < -0.4 is 9.64 Å². The van der Waals surface area contributed by atoms with Crippen LogP contribution in [0.25, 0.3) is 0 Å². The Hall–Kier alpha value is -2.29. The zero-order chi connectivity index (χ0) is 19.3. The molecule has 2 rings (SSSR count). The second-order valence-corrected chi connectivity index (χ2v) is 6.76. The van der Waals surface area contributed by atoms with Gasteiger partial charge in [0, 0.05) is 19.0 Å². The molecule has 0 aliphatic carbocycles. The van der Waals surface area contributed by atoms with Crippen molar-refractivity contribution in [2.75, 3.05) is 11.9 Å². The fraction of sp³-hybridized carbons (Fsp3) is 0.435. The minimum Gasteiger partial charge on any atom is -0.489 e. The number of anilines is 1. The van der Waals surface area contributed by atoms with Crippen molar-refractivity contribution in [3.63, 3.8) is 0 Å². The van der Waals surface area contributed by atoms with E-state index in [1.807, 2.05) is 26.1 Å². The molecule has 0 N–H and O–H groups in total. The van der Waals surface area contributed by atoms with E-state index in [4.69, 9.17) is 4.74 Å². The Bertz CT molecular complexity index is 780. The van der Waals surface area contributed by atoms with Gasteiger partial charge in [0.1, 0.15) is 12.4 Å². The quantitative estimate of drug-likeness (QED) is 0.669. The molecule has 140 valence electrons. The summed E-state index contributed by atoms with van der Waals surface area (Å²) < 4.78 is 6.21. The molecule has 0 aliphatic heterocycles. The average Bonchev–Trinajstić information content (AvgIpc) is 2.66. The van der Waals surface area contributed by atoms with E-state index in [1.54, 1.807) is 4.90 Å². The van der Waals surface area contributed by atoms with Gasteiger partial charge in [-0.2, -0.15) is 0 Å². The molecule has 0 fully saturated rings. The SMILES string of the molecule is CCC(=O)N(C)c1cccc(CC)c1COc1cc(C)c(CC)cc1C. The van der Waals surface area contributed by atoms with Gasteiger partial charge in [-0.15, -0.1) is 0 Å². The first-order valence-electron chi connectivity index (χ1n) is 9.53. The van der Waals surface area contributed by atoms with Crippen LogP contribution in [0.2, 0.25) is 0 Å². The van der Waals surface area contributed by atoms with Gasteiger partial charge in [0.25, 0.3) is 0 Å². The van der Waals surface area contributed by atoms with Crippen molar-refractivity contribution in [2.45, 2.75) is 60.5 Å². The Kier molecular flexibility index (Phi) is 6.84. The van der Waals surface area contributed by atoms with Crippen molar-refractivity contribution < 1.29 is 9.53 Å². The zero-order valence-electron chi connectivity index (χ0n) is 17.0. The van der Waals surface area contributed by atoms with Crippen molar-refractivity contribution in [1.82, 2.24) is 0 Å². The maximum Gasteiger partial charge on any atom is 0.226 e. The average molecular weight is 354 g/mol. The predicted octanol–water partition coefficient (Wildman–Crippen LogP) is 5.38. The molecule has 3 heteroatoms. The van der Waals surface area contributed by atoms with Crippen LogP contribution in [-0.2, 0) is 24.2 Å². The van der Waals surface area contributed by atoms with Gasteiger partial charge in [-0.05, 0) is 61.1 Å². The summed E-state index contributed by atoms with van der Waals surface area (Å²) in [4.78, 5) is 13.9. The van der Waals surface area contributed by atoms with Crippen LogP contribution in [0.15, 0.2) is 30.3 Å². The van der Waals surface area contributed by atoms with E-state index in [0.717, 1.165) is 35.4 Å². The summed E-state index contributed by atoms with van der Waals surface area (Å²) in [5.74, 6) is 1.03. The van der Waals surface area contributed by atoms with Gasteiger partial charge in [-0.1, -0.05) is 39.0 Å². The van der Waals surface area contributed by atoms with Gasteiger partial charge in [0.15, 0.2) is 0 Å². The Balaban J connectivity index is 2.34. The largest absolute Gasteiger partial charge is 0.489 e. The van der Waals surface area contributed by atoms with Crippen molar-refractivity contribution in [3.8, 4) is 5.75 Å². The molecule has 0 aliphatic rings. The Morgan fingerprint density at radius 1 is 1.00 bits per heavy atom. The van der Waals surface area contributed by atoms with E-state index in [1.165, 1.54) is 16.7 Å². The molecule has 2 aromatic carbocycles. The van der Waals surface area contributed by atoms with Gasteiger partial charge in [-0.3, -0.25) is 4.79 Å². The van der Waals surface area contributed by atoms with Gasteiger partial charge in [0.05, 0.1) is 5.69 Å². The maximum atomic E-state index is 12.2. The highest BCUT2D eigenvalue weighted by atomic mass is 16.5. The maximum absolute atomic E-state index is 12.2. The molecule has 0 aromatic heterocycles. The molecule has 0 unspecified atom stereocenters. The number of carbonyl (C=O) groups is 1. The van der Waals surface area contributed by atoms with Crippen molar-refractivity contribution in [1.29, 1.82) is 0 Å². The molecule has 0 saturated carbocycles. The van der Waals surface area contributed by atoms with E-state index in [9.17, 15) is 4.79 Å². The van der Waals surface area contributed by atoms with Crippen LogP contribution in [0.1, 0.15) is 55.0 Å². The number of nitrogens with zero attached hydrogens (tertiary/aromatic N) is 1. The summed E-state index contributed by atoms with van der Waals surface area (Å²) in [5, 5.41) is 0. The lowest BCUT2D eigenvalue weighted by Crippen LogP contribution is -2.26. The molecule has 0 radical (unpaired) electrons. The third-order valence-electron chi connectivity index (χ3n) is 5.05. The normalized spacial score (nSPS) is 10.7. The summed E-state index contributed by atoms with van der Waals surface area (Å²) in [6.45, 7) is 10.9. The van der Waals surface area contributed by atoms with Crippen molar-refractivity contribution in [3.05, 3.63) is 58.1 Å². The molecular weight excluding hydrogens is 322 g/mol. The lowest BCUT2D eigenvalue weighted by Gasteiger charge is -2.23. The van der Waals surface area contributed by atoms with Crippen LogP contribution in [-0.4, -0.2) is 13.0 Å². The van der Waals surface area contributed by atoms with Crippen molar-refractivity contribution in [2.24, 2.45) is 0 Å². The Morgan fingerprint density at radius 2 is 1.69 bits per heavy atom. The summed E-state index contributed by atoms with van der Waals surface area (Å²) in [7, 11) is 1.84. The fourth-order valence-electron chi connectivity index (χ4n) is 3.34. The molecule has 0 atom stereocenters. The second-order valence-electron chi connectivity index (χ2n) is 6.76. The third-order valence-corrected chi connectivity index (χ3v) is 5.05. The van der Waals surface area contributed by atoms with E-state index in [2.05, 4.69) is 45.9 Å². The van der Waals surface area contributed by atoms with E-state index in [-0.39, 0.29) is 5.91 Å². The summed E-state index contributed by atoms with van der Waals surface area (Å²) in [5.41, 5.74) is 7.03. The third kappa shape index (κ3) is 4.27. The Labute approximate surface area is 158 Å². The molecule has 26 heavy (non-hydrogen) atoms. The number of rotatable bonds is 7. The van der Waals surface area contributed by atoms with Crippen LogP contribution in [0.3, 0.4) is 0 Å². The summed E-state index contributed by atoms with van der Waals surface area (Å²) >= 11 is 0. The first-order chi connectivity index (χ1) is 12.4. The van der Waals surface area contributed by atoms with Crippen LogP contribution in [0.4, 0.5) is 5.69 Å². The topological polar surface area (TPSA) is 29.5 Å². The smallest absolute Gasteiger partial charge is 0.226 e. The van der Waals surface area contributed by atoms with Crippen LogP contribution in [0.5, 0.6) is 5.75 Å². The zero-order valence-corrected chi connectivity index (χ0v) is 17.0. The number of amides is 1. The highest BCUT2D eigenvalue weighted by Crippen LogP contribution is 2.28. The van der Waals surface area contributed by atoms with Gasteiger partial charge < -0.3 is 9.64 Å². The molecule has 2 aromatic rings.